The van der Waals surface area contributed by atoms with Gasteiger partial charge in [-0.05, 0) is 43.4 Å². The Balaban J connectivity index is 1.25. The van der Waals surface area contributed by atoms with Crippen LogP contribution in [-0.4, -0.2) is 57.5 Å². The minimum absolute atomic E-state index is 0.147. The minimum atomic E-state index is -1.49. The number of carbonyl (C=O) groups excluding carboxylic acids is 1. The van der Waals surface area contributed by atoms with E-state index in [1.807, 2.05) is 19.1 Å². The quantitative estimate of drug-likeness (QED) is 0.621. The number of nitrogens with zero attached hydrogens (tertiary/aromatic N) is 4. The molecule has 0 radical (unpaired) electrons. The molecule has 4 N–H and O–H groups in total. The van der Waals surface area contributed by atoms with Crippen LogP contribution in [0.2, 0.25) is 0 Å². The highest BCUT2D eigenvalue weighted by Gasteiger charge is 2.53. The van der Waals surface area contributed by atoms with Crippen LogP contribution in [-0.2, 0) is 11.3 Å². The summed E-state index contributed by atoms with van der Waals surface area (Å²) in [5.41, 5.74) is 5.91. The number of hydrogen-bond donors (Lipinski definition) is 3. The molecule has 5 rings (SSSR count). The predicted octanol–water partition coefficient (Wildman–Crippen LogP) is 1.84. The van der Waals surface area contributed by atoms with Gasteiger partial charge in [-0.25, -0.2) is 19.1 Å². The number of carbonyl (C=O) groups is 1. The topological polar surface area (TPSA) is 117 Å². The van der Waals surface area contributed by atoms with Gasteiger partial charge in [-0.3, -0.25) is 4.90 Å². The molecule has 3 aliphatic rings. The molecule has 32 heavy (non-hydrogen) atoms. The Labute approximate surface area is 185 Å². The summed E-state index contributed by atoms with van der Waals surface area (Å²) < 4.78 is 19.7. The average molecular weight is 442 g/mol. The van der Waals surface area contributed by atoms with E-state index >= 15 is 0 Å². The van der Waals surface area contributed by atoms with Crippen molar-refractivity contribution in [2.75, 3.05) is 29.9 Å². The standard InChI is InChI=1S/C22H27FN6O3/c1-12(26-20-25-6-5-18(27-20)29-21(30)32-11-22(29,2)31)13-3-4-14(17(23)7-13)8-28-9-15-16(10-28)19(15)24/h3-7,12,15-16,19,31H,8-11,24H2,1-2H3,(H,25,26,27)/t12-,15?,16?,19?,22-/m0/s1. The predicted molar refractivity (Wildman–Crippen MR) is 115 cm³/mol. The lowest BCUT2D eigenvalue weighted by molar-refractivity contribution is 0.0475. The van der Waals surface area contributed by atoms with Gasteiger partial charge in [-0.15, -0.1) is 0 Å². The first kappa shape index (κ1) is 21.0. The molecule has 3 fully saturated rings. The zero-order valence-corrected chi connectivity index (χ0v) is 18.0. The largest absolute Gasteiger partial charge is 0.444 e. The maximum absolute atomic E-state index is 14.8. The van der Waals surface area contributed by atoms with E-state index in [-0.39, 0.29) is 30.2 Å². The lowest BCUT2D eigenvalue weighted by Gasteiger charge is -2.25. The maximum Gasteiger partial charge on any atom is 0.418 e. The van der Waals surface area contributed by atoms with Crippen LogP contribution >= 0.6 is 0 Å². The molecule has 2 unspecified atom stereocenters. The molecule has 10 heteroatoms. The van der Waals surface area contributed by atoms with Gasteiger partial charge in [-0.2, -0.15) is 4.98 Å². The molecule has 2 aromatic rings. The van der Waals surface area contributed by atoms with Crippen molar-refractivity contribution in [2.45, 2.75) is 38.2 Å². The van der Waals surface area contributed by atoms with Gasteiger partial charge in [0.2, 0.25) is 5.95 Å². The number of fused-ring (bicyclic) bond motifs is 1. The number of rotatable bonds is 6. The van der Waals surface area contributed by atoms with E-state index in [9.17, 15) is 14.3 Å². The molecule has 0 bridgehead atoms. The van der Waals surface area contributed by atoms with Gasteiger partial charge in [0.25, 0.3) is 0 Å². The van der Waals surface area contributed by atoms with Crippen LogP contribution in [0.3, 0.4) is 0 Å². The van der Waals surface area contributed by atoms with Gasteiger partial charge >= 0.3 is 6.09 Å². The van der Waals surface area contributed by atoms with Crippen LogP contribution in [0.15, 0.2) is 30.5 Å². The van der Waals surface area contributed by atoms with Crippen molar-refractivity contribution in [3.8, 4) is 0 Å². The highest BCUT2D eigenvalue weighted by Crippen LogP contribution is 2.44. The van der Waals surface area contributed by atoms with Gasteiger partial charge in [0, 0.05) is 37.4 Å². The molecule has 0 spiro atoms. The fraction of sp³-hybridized carbons (Fsp3) is 0.500. The second-order valence-corrected chi connectivity index (χ2v) is 9.16. The first-order valence-corrected chi connectivity index (χ1v) is 10.8. The normalized spacial score (nSPS) is 30.2. The van der Waals surface area contributed by atoms with E-state index in [1.165, 1.54) is 25.3 Å². The van der Waals surface area contributed by atoms with Crippen LogP contribution in [0, 0.1) is 17.7 Å². The third-order valence-corrected chi connectivity index (χ3v) is 6.66. The smallest absolute Gasteiger partial charge is 0.418 e. The van der Waals surface area contributed by atoms with Gasteiger partial charge in [-0.1, -0.05) is 12.1 Å². The Hall–Kier alpha value is -2.82. The van der Waals surface area contributed by atoms with Gasteiger partial charge in [0.15, 0.2) is 5.72 Å². The van der Waals surface area contributed by atoms with Gasteiger partial charge < -0.3 is 20.9 Å². The summed E-state index contributed by atoms with van der Waals surface area (Å²) >= 11 is 0. The third-order valence-electron chi connectivity index (χ3n) is 6.66. The van der Waals surface area contributed by atoms with E-state index < -0.39 is 11.8 Å². The van der Waals surface area contributed by atoms with Gasteiger partial charge in [0.1, 0.15) is 18.2 Å². The fourth-order valence-corrected chi connectivity index (χ4v) is 4.68. The summed E-state index contributed by atoms with van der Waals surface area (Å²) in [6.07, 6.45) is 0.803. The number of ether oxygens (including phenoxy) is 1. The van der Waals surface area contributed by atoms with Crippen molar-refractivity contribution in [2.24, 2.45) is 17.6 Å². The number of nitrogens with two attached hydrogens (primary N) is 1. The number of anilines is 2. The zero-order valence-electron chi connectivity index (χ0n) is 18.0. The number of aromatic nitrogens is 2. The monoisotopic (exact) mass is 442 g/mol. The Morgan fingerprint density at radius 2 is 2.12 bits per heavy atom. The van der Waals surface area contributed by atoms with Crippen molar-refractivity contribution in [3.05, 3.63) is 47.4 Å². The number of cyclic esters (lactones) is 1. The van der Waals surface area contributed by atoms with Crippen molar-refractivity contribution < 1.29 is 19.0 Å². The molecule has 2 saturated heterocycles. The number of aliphatic hydroxyl groups is 1. The third kappa shape index (κ3) is 3.78. The number of benzene rings is 1. The van der Waals surface area contributed by atoms with Crippen LogP contribution in [0.5, 0.6) is 0 Å². The molecule has 3 heterocycles. The van der Waals surface area contributed by atoms with E-state index in [0.29, 0.717) is 30.0 Å². The lowest BCUT2D eigenvalue weighted by Crippen LogP contribution is -2.45. The van der Waals surface area contributed by atoms with Crippen LogP contribution in [0.1, 0.15) is 31.0 Å². The molecule has 9 nitrogen and oxygen atoms in total. The second-order valence-electron chi connectivity index (χ2n) is 9.16. The number of piperidine rings is 1. The SMILES string of the molecule is C[C@H](Nc1nccc(N2C(=O)OC[C@]2(C)O)n1)c1ccc(CN2CC3C(N)C3C2)c(F)c1. The molecule has 1 aromatic heterocycles. The van der Waals surface area contributed by atoms with Gasteiger partial charge in [0.05, 0.1) is 6.04 Å². The summed E-state index contributed by atoms with van der Waals surface area (Å²) in [5.74, 6) is 1.37. The Morgan fingerprint density at radius 1 is 1.38 bits per heavy atom. The molecular weight excluding hydrogens is 415 g/mol. The number of amides is 1. The van der Waals surface area contributed by atoms with Crippen LogP contribution in [0.4, 0.5) is 21.0 Å². The highest BCUT2D eigenvalue weighted by molar-refractivity contribution is 5.89. The van der Waals surface area contributed by atoms with Crippen LogP contribution < -0.4 is 16.0 Å². The number of nitrogens with one attached hydrogen (secondary N) is 1. The molecule has 2 aliphatic heterocycles. The molecule has 4 atom stereocenters. The van der Waals surface area contributed by atoms with E-state index in [4.69, 9.17) is 10.5 Å². The molecule has 1 aliphatic carbocycles. The highest BCUT2D eigenvalue weighted by atomic mass is 19.1. The van der Waals surface area contributed by atoms with Crippen molar-refractivity contribution in [1.82, 2.24) is 14.9 Å². The summed E-state index contributed by atoms with van der Waals surface area (Å²) in [7, 11) is 0. The fourth-order valence-electron chi connectivity index (χ4n) is 4.68. The number of likely N-dealkylation sites (tertiary alicyclic amines) is 1. The second kappa shape index (κ2) is 7.65. The Bertz CT molecular complexity index is 1040. The lowest BCUT2D eigenvalue weighted by atomic mass is 10.1. The molecular formula is C22H27FN6O3. The van der Waals surface area contributed by atoms with Crippen LogP contribution in [0.25, 0.3) is 0 Å². The number of halogens is 1. The Morgan fingerprint density at radius 3 is 2.78 bits per heavy atom. The molecule has 1 aromatic carbocycles. The van der Waals surface area contributed by atoms with E-state index in [1.54, 1.807) is 0 Å². The summed E-state index contributed by atoms with van der Waals surface area (Å²) in [4.78, 5) is 23.8. The summed E-state index contributed by atoms with van der Waals surface area (Å²) in [6, 6.07) is 6.81. The molecule has 1 amide bonds. The first-order valence-electron chi connectivity index (χ1n) is 10.8. The summed E-state index contributed by atoms with van der Waals surface area (Å²) in [5, 5.41) is 13.5. The first-order chi connectivity index (χ1) is 15.2. The average Bonchev–Trinajstić information content (AvgIpc) is 3.06. The van der Waals surface area contributed by atoms with Crippen molar-refractivity contribution >= 4 is 17.9 Å². The van der Waals surface area contributed by atoms with Crippen molar-refractivity contribution in [3.63, 3.8) is 0 Å². The van der Waals surface area contributed by atoms with E-state index in [0.717, 1.165) is 23.6 Å². The molecule has 170 valence electrons. The maximum atomic E-state index is 14.8. The minimum Gasteiger partial charge on any atom is -0.444 e. The Kier molecular flexibility index (Phi) is 5.03. The zero-order chi connectivity index (χ0) is 22.6. The number of hydrogen-bond acceptors (Lipinski definition) is 8. The van der Waals surface area contributed by atoms with Crippen molar-refractivity contribution in [1.29, 1.82) is 0 Å². The van der Waals surface area contributed by atoms with E-state index in [2.05, 4.69) is 20.2 Å². The summed E-state index contributed by atoms with van der Waals surface area (Å²) in [6.45, 7) is 5.67. The molecule has 1 saturated carbocycles.